The van der Waals surface area contributed by atoms with E-state index < -0.39 is 0 Å². The van der Waals surface area contributed by atoms with Crippen molar-refractivity contribution in [3.05, 3.63) is 45.4 Å². The molecule has 3 N–H and O–H groups in total. The van der Waals surface area contributed by atoms with E-state index >= 15 is 0 Å². The molecule has 30 heavy (non-hydrogen) atoms. The Hall–Kier alpha value is -3.27. The maximum absolute atomic E-state index is 5.79. The first-order valence-electron chi connectivity index (χ1n) is 8.73. The van der Waals surface area contributed by atoms with Gasteiger partial charge < -0.3 is 24.7 Å². The van der Waals surface area contributed by atoms with Gasteiger partial charge >= 0.3 is 0 Å². The molecular weight excluding hydrogens is 454 g/mol. The van der Waals surface area contributed by atoms with Crippen molar-refractivity contribution >= 4 is 34.3 Å². The van der Waals surface area contributed by atoms with Gasteiger partial charge in [-0.25, -0.2) is 5.43 Å². The van der Waals surface area contributed by atoms with Crippen LogP contribution in [0.5, 0.6) is 23.0 Å². The Labute approximate surface area is 183 Å². The van der Waals surface area contributed by atoms with E-state index in [2.05, 4.69) is 36.7 Å². The summed E-state index contributed by atoms with van der Waals surface area (Å²) in [5.74, 6) is 2.46. The summed E-state index contributed by atoms with van der Waals surface area (Å²) in [7, 11) is 6.29. The number of rotatable bonds is 8. The molecule has 10 heteroatoms. The zero-order valence-electron chi connectivity index (χ0n) is 17.4. The Morgan fingerprint density at radius 3 is 2.00 bits per heavy atom. The fourth-order valence-corrected chi connectivity index (χ4v) is 2.87. The van der Waals surface area contributed by atoms with Crippen LogP contribution in [-0.4, -0.2) is 46.8 Å². The summed E-state index contributed by atoms with van der Waals surface area (Å²) in [5.41, 5.74) is 10.9. The first kappa shape index (κ1) is 23.0. The number of nitrogens with two attached hydrogens (primary N) is 1. The monoisotopic (exact) mass is 477 g/mol. The van der Waals surface area contributed by atoms with E-state index in [1.54, 1.807) is 53.0 Å². The molecule has 0 spiro atoms. The lowest BCUT2D eigenvalue weighted by molar-refractivity contribution is 0.354. The van der Waals surface area contributed by atoms with Crippen molar-refractivity contribution < 1.29 is 18.9 Å². The zero-order chi connectivity index (χ0) is 22.1. The molecule has 0 aliphatic heterocycles. The minimum absolute atomic E-state index is 0.0252. The van der Waals surface area contributed by atoms with Gasteiger partial charge in [0.1, 0.15) is 0 Å². The van der Waals surface area contributed by atoms with Crippen molar-refractivity contribution in [3.8, 4) is 23.0 Å². The number of nitrogens with zero attached hydrogens (tertiary/aromatic N) is 3. The molecule has 9 nitrogen and oxygen atoms in total. The molecule has 0 aromatic heterocycles. The van der Waals surface area contributed by atoms with Crippen LogP contribution in [0.2, 0.25) is 0 Å². The average Bonchev–Trinajstić information content (AvgIpc) is 2.75. The fraction of sp³-hybridized carbons (Fsp3) is 0.250. The van der Waals surface area contributed by atoms with Crippen molar-refractivity contribution in [1.82, 2.24) is 5.43 Å². The highest BCUT2D eigenvalue weighted by Crippen LogP contribution is 2.32. The highest BCUT2D eigenvalue weighted by molar-refractivity contribution is 9.10. The van der Waals surface area contributed by atoms with Crippen molar-refractivity contribution in [2.75, 3.05) is 28.4 Å². The normalized spacial score (nSPS) is 11.7. The maximum Gasteiger partial charge on any atom is 0.234 e. The third kappa shape index (κ3) is 5.86. The molecule has 0 saturated carbocycles. The van der Waals surface area contributed by atoms with Crippen LogP contribution in [0.1, 0.15) is 16.7 Å². The summed E-state index contributed by atoms with van der Waals surface area (Å²) < 4.78 is 21.9. The molecule has 0 fully saturated rings. The maximum atomic E-state index is 5.79. The topological polar surface area (TPSA) is 112 Å². The quantitative estimate of drug-likeness (QED) is 0.343. The van der Waals surface area contributed by atoms with Crippen LogP contribution in [0, 0.1) is 6.92 Å². The molecule has 0 bridgehead atoms. The van der Waals surface area contributed by atoms with E-state index in [4.69, 9.17) is 24.7 Å². The first-order chi connectivity index (χ1) is 14.4. The lowest BCUT2D eigenvalue weighted by Crippen LogP contribution is -2.26. The average molecular weight is 478 g/mol. The second-order valence-electron chi connectivity index (χ2n) is 5.89. The van der Waals surface area contributed by atoms with Crippen molar-refractivity contribution in [3.63, 3.8) is 0 Å². The van der Waals surface area contributed by atoms with Gasteiger partial charge in [-0.2, -0.15) is 10.2 Å². The molecule has 0 radical (unpaired) electrons. The van der Waals surface area contributed by atoms with Gasteiger partial charge in [0.15, 0.2) is 23.0 Å². The van der Waals surface area contributed by atoms with Gasteiger partial charge in [-0.05, 0) is 52.7 Å². The van der Waals surface area contributed by atoms with E-state index in [1.165, 1.54) is 0 Å². The Morgan fingerprint density at radius 1 is 0.867 bits per heavy atom. The molecule has 2 rings (SSSR count). The zero-order valence-corrected chi connectivity index (χ0v) is 19.0. The van der Waals surface area contributed by atoms with Crippen LogP contribution < -0.4 is 30.1 Å². The van der Waals surface area contributed by atoms with Crippen molar-refractivity contribution in [1.29, 1.82) is 0 Å². The van der Waals surface area contributed by atoms with Crippen molar-refractivity contribution in [2.45, 2.75) is 6.92 Å². The van der Waals surface area contributed by atoms with E-state index in [1.807, 2.05) is 19.1 Å². The predicted octanol–water partition coefficient (Wildman–Crippen LogP) is 3.06. The van der Waals surface area contributed by atoms with Gasteiger partial charge in [0.05, 0.1) is 40.9 Å². The van der Waals surface area contributed by atoms with Crippen LogP contribution in [-0.2, 0) is 0 Å². The van der Waals surface area contributed by atoms with Crippen molar-refractivity contribution in [2.24, 2.45) is 21.0 Å². The SMILES string of the molecule is COc1cc(C)c(/C=N/N=C(N)N/N=C/c2cc(OC)c(OC)cc2Br)cc1OC. The molecule has 0 unspecified atom stereocenters. The van der Waals surface area contributed by atoms with Crippen LogP contribution in [0.4, 0.5) is 0 Å². The van der Waals surface area contributed by atoms with E-state index in [0.717, 1.165) is 21.2 Å². The number of nitrogens with one attached hydrogen (secondary N) is 1. The predicted molar refractivity (Wildman–Crippen MR) is 121 cm³/mol. The lowest BCUT2D eigenvalue weighted by atomic mass is 10.1. The number of ether oxygens (including phenoxy) is 4. The van der Waals surface area contributed by atoms with E-state index in [0.29, 0.717) is 23.0 Å². The molecule has 0 heterocycles. The number of methoxy groups -OCH3 is 4. The minimum Gasteiger partial charge on any atom is -0.493 e. The summed E-state index contributed by atoms with van der Waals surface area (Å²) in [6, 6.07) is 7.23. The molecule has 0 aliphatic rings. The van der Waals surface area contributed by atoms with Crippen LogP contribution in [0.15, 0.2) is 44.0 Å². The second kappa shape index (κ2) is 11.1. The molecular formula is C20H24BrN5O4. The number of hydrogen-bond acceptors (Lipinski definition) is 7. The molecule has 2 aromatic carbocycles. The highest BCUT2D eigenvalue weighted by atomic mass is 79.9. The van der Waals surface area contributed by atoms with E-state index in [-0.39, 0.29) is 5.96 Å². The number of aryl methyl sites for hydroxylation is 1. The number of guanidine groups is 1. The summed E-state index contributed by atoms with van der Waals surface area (Å²) >= 11 is 3.46. The summed E-state index contributed by atoms with van der Waals surface area (Å²) in [5, 5.41) is 11.9. The smallest absolute Gasteiger partial charge is 0.234 e. The van der Waals surface area contributed by atoms with Crippen LogP contribution in [0.3, 0.4) is 0 Å². The standard InChI is InChI=1S/C20H24BrN5O4/c1-12-6-16(27-2)17(28-3)7-13(12)10-23-25-20(22)26-24-11-14-8-18(29-4)19(30-5)9-15(14)21/h6-11H,1-5H3,(H3,22,25,26)/b23-10+,24-11+. The Balaban J connectivity index is 2.08. The van der Waals surface area contributed by atoms with Gasteiger partial charge in [-0.15, -0.1) is 5.10 Å². The van der Waals surface area contributed by atoms with Crippen LogP contribution in [0.25, 0.3) is 0 Å². The van der Waals surface area contributed by atoms with Crippen LogP contribution >= 0.6 is 15.9 Å². The minimum atomic E-state index is 0.0252. The summed E-state index contributed by atoms with van der Waals surface area (Å²) in [6.07, 6.45) is 3.14. The van der Waals surface area contributed by atoms with Gasteiger partial charge in [0.25, 0.3) is 0 Å². The number of halogens is 1. The lowest BCUT2D eigenvalue weighted by Gasteiger charge is -2.10. The molecule has 2 aromatic rings. The van der Waals surface area contributed by atoms with Gasteiger partial charge in [-0.1, -0.05) is 0 Å². The number of hydrazone groups is 1. The Kier molecular flexibility index (Phi) is 8.48. The summed E-state index contributed by atoms with van der Waals surface area (Å²) in [4.78, 5) is 0. The highest BCUT2D eigenvalue weighted by Gasteiger charge is 2.08. The molecule has 160 valence electrons. The van der Waals surface area contributed by atoms with Gasteiger partial charge in [0, 0.05) is 15.6 Å². The third-order valence-corrected chi connectivity index (χ3v) is 4.71. The van der Waals surface area contributed by atoms with E-state index in [9.17, 15) is 0 Å². The summed E-state index contributed by atoms with van der Waals surface area (Å²) in [6.45, 7) is 1.93. The van der Waals surface area contributed by atoms with Gasteiger partial charge in [-0.3, -0.25) is 0 Å². The second-order valence-corrected chi connectivity index (χ2v) is 6.75. The molecule has 0 amide bonds. The first-order valence-corrected chi connectivity index (χ1v) is 9.52. The number of benzene rings is 2. The Bertz CT molecular complexity index is 976. The van der Waals surface area contributed by atoms with Gasteiger partial charge in [0.2, 0.25) is 5.96 Å². The largest absolute Gasteiger partial charge is 0.493 e. The third-order valence-electron chi connectivity index (χ3n) is 4.02. The molecule has 0 atom stereocenters. The Morgan fingerprint density at radius 2 is 1.40 bits per heavy atom. The molecule has 0 aliphatic carbocycles. The fourth-order valence-electron chi connectivity index (χ4n) is 2.45. The number of hydrogen-bond donors (Lipinski definition) is 2. The molecule has 0 saturated heterocycles.